The molecule has 33 heavy (non-hydrogen) atoms. The molecule has 0 bridgehead atoms. The smallest absolute Gasteiger partial charge is 0.407 e. The van der Waals surface area contributed by atoms with Gasteiger partial charge in [0.2, 0.25) is 5.43 Å². The molecule has 174 valence electrons. The molecule has 1 atom stereocenters. The van der Waals surface area contributed by atoms with Crippen molar-refractivity contribution in [3.05, 3.63) is 45.4 Å². The Balaban J connectivity index is 1.70. The minimum atomic E-state index is -1.42. The van der Waals surface area contributed by atoms with E-state index >= 15 is 4.39 Å². The SMILES string of the molecule is CC(C)(C)OC(=O)NC1CCN(c2nc3c(cc2F)c(=O)c(C(=O)O)cn3-c2nccs2)C1. The summed E-state index contributed by atoms with van der Waals surface area (Å²) in [4.78, 5) is 46.5. The molecule has 0 saturated carbocycles. The van der Waals surface area contributed by atoms with Crippen LogP contribution in [0.5, 0.6) is 0 Å². The number of nitrogens with zero attached hydrogens (tertiary/aromatic N) is 4. The molecule has 0 aromatic carbocycles. The number of carbonyl (C=O) groups excluding carboxylic acids is 1. The Bertz CT molecular complexity index is 1280. The van der Waals surface area contributed by atoms with E-state index in [0.717, 1.165) is 12.3 Å². The average Bonchev–Trinajstić information content (AvgIpc) is 3.39. The number of carbonyl (C=O) groups is 2. The number of carboxylic acids is 1. The zero-order valence-electron chi connectivity index (χ0n) is 18.2. The number of pyridine rings is 2. The van der Waals surface area contributed by atoms with Gasteiger partial charge >= 0.3 is 12.1 Å². The summed E-state index contributed by atoms with van der Waals surface area (Å²) in [5.74, 6) is -2.18. The van der Waals surface area contributed by atoms with Crippen LogP contribution in [-0.4, -0.2) is 56.4 Å². The maximum Gasteiger partial charge on any atom is 0.407 e. The van der Waals surface area contributed by atoms with Crippen molar-refractivity contribution < 1.29 is 23.8 Å². The van der Waals surface area contributed by atoms with Gasteiger partial charge in [0, 0.05) is 30.9 Å². The molecule has 1 saturated heterocycles. The van der Waals surface area contributed by atoms with Crippen LogP contribution in [0.1, 0.15) is 37.6 Å². The number of alkyl carbamates (subject to hydrolysis) is 1. The van der Waals surface area contributed by atoms with Gasteiger partial charge in [-0.2, -0.15) is 0 Å². The van der Waals surface area contributed by atoms with Gasteiger partial charge in [-0.15, -0.1) is 11.3 Å². The van der Waals surface area contributed by atoms with E-state index in [-0.39, 0.29) is 22.9 Å². The van der Waals surface area contributed by atoms with Crippen LogP contribution in [0.4, 0.5) is 15.0 Å². The number of amides is 1. The molecule has 0 aliphatic carbocycles. The Morgan fingerprint density at radius 2 is 2.12 bits per heavy atom. The summed E-state index contributed by atoms with van der Waals surface area (Å²) in [7, 11) is 0. The summed E-state index contributed by atoms with van der Waals surface area (Å²) in [6.45, 7) is 6.01. The van der Waals surface area contributed by atoms with Crippen LogP contribution in [0, 0.1) is 5.82 Å². The first-order valence-electron chi connectivity index (χ1n) is 10.2. The summed E-state index contributed by atoms with van der Waals surface area (Å²) in [5, 5.41) is 14.1. The third-order valence-corrected chi connectivity index (χ3v) is 5.75. The molecule has 12 heteroatoms. The standard InChI is InChI=1S/C21H22FN5O5S/c1-21(2,3)32-20(31)24-11-4-6-26(9-11)17-14(22)8-12-15(28)13(18(29)30)10-27(16(12)25-17)19-23-5-7-33-19/h5,7-8,10-11H,4,6,9H2,1-3H3,(H,24,31)(H,29,30). The maximum atomic E-state index is 15.0. The summed E-state index contributed by atoms with van der Waals surface area (Å²) < 4.78 is 21.7. The number of ether oxygens (including phenoxy) is 1. The summed E-state index contributed by atoms with van der Waals surface area (Å²) >= 11 is 1.22. The third kappa shape index (κ3) is 4.65. The van der Waals surface area contributed by atoms with Crippen LogP contribution < -0.4 is 15.6 Å². The topological polar surface area (TPSA) is 127 Å². The minimum absolute atomic E-state index is 0.00349. The fraction of sp³-hybridized carbons (Fsp3) is 0.381. The van der Waals surface area contributed by atoms with Gasteiger partial charge in [0.05, 0.1) is 11.4 Å². The molecule has 10 nitrogen and oxygen atoms in total. The number of rotatable bonds is 4. The fourth-order valence-corrected chi connectivity index (χ4v) is 4.23. The predicted molar refractivity (Wildman–Crippen MR) is 120 cm³/mol. The number of aromatic carboxylic acids is 1. The van der Waals surface area contributed by atoms with E-state index in [1.165, 1.54) is 22.1 Å². The molecule has 1 unspecified atom stereocenters. The zero-order valence-corrected chi connectivity index (χ0v) is 19.0. The molecule has 0 radical (unpaired) electrons. The van der Waals surface area contributed by atoms with Crippen LogP contribution in [0.15, 0.2) is 28.6 Å². The van der Waals surface area contributed by atoms with Gasteiger partial charge in [-0.3, -0.25) is 9.36 Å². The van der Waals surface area contributed by atoms with Crippen molar-refractivity contribution in [2.24, 2.45) is 0 Å². The molecule has 4 heterocycles. The van der Waals surface area contributed by atoms with Gasteiger partial charge in [-0.05, 0) is 33.3 Å². The van der Waals surface area contributed by atoms with E-state index in [4.69, 9.17) is 4.74 Å². The van der Waals surface area contributed by atoms with Crippen molar-refractivity contribution in [3.63, 3.8) is 0 Å². The van der Waals surface area contributed by atoms with Crippen LogP contribution in [0.2, 0.25) is 0 Å². The number of thiazole rings is 1. The molecule has 1 amide bonds. The fourth-order valence-electron chi connectivity index (χ4n) is 3.61. The van der Waals surface area contributed by atoms with Gasteiger partial charge in [0.1, 0.15) is 11.2 Å². The summed E-state index contributed by atoms with van der Waals surface area (Å²) in [5.41, 5.74) is -1.87. The lowest BCUT2D eigenvalue weighted by Gasteiger charge is -2.22. The van der Waals surface area contributed by atoms with Crippen LogP contribution in [-0.2, 0) is 4.74 Å². The lowest BCUT2D eigenvalue weighted by Crippen LogP contribution is -2.40. The molecular formula is C21H22FN5O5S. The highest BCUT2D eigenvalue weighted by molar-refractivity contribution is 7.12. The lowest BCUT2D eigenvalue weighted by molar-refractivity contribution is 0.0508. The van der Waals surface area contributed by atoms with Gasteiger partial charge in [-0.25, -0.2) is 23.9 Å². The number of aromatic nitrogens is 3. The van der Waals surface area contributed by atoms with Gasteiger partial charge in [0.25, 0.3) is 0 Å². The number of fused-ring (bicyclic) bond motifs is 1. The first kappa shape index (κ1) is 22.6. The van der Waals surface area contributed by atoms with Crippen molar-refractivity contribution in [2.45, 2.75) is 38.8 Å². The number of halogens is 1. The molecule has 1 aliphatic rings. The molecule has 1 aliphatic heterocycles. The van der Waals surface area contributed by atoms with Gasteiger partial charge < -0.3 is 20.1 Å². The van der Waals surface area contributed by atoms with E-state index < -0.39 is 34.5 Å². The average molecular weight is 476 g/mol. The Hall–Kier alpha value is -3.54. The number of hydrogen-bond donors (Lipinski definition) is 2. The minimum Gasteiger partial charge on any atom is -0.477 e. The van der Waals surface area contributed by atoms with Crippen molar-refractivity contribution in [1.29, 1.82) is 0 Å². The Morgan fingerprint density at radius 3 is 2.76 bits per heavy atom. The zero-order chi connectivity index (χ0) is 23.9. The van der Waals surface area contributed by atoms with Gasteiger partial charge in [-0.1, -0.05) is 0 Å². The van der Waals surface area contributed by atoms with E-state index in [1.54, 1.807) is 31.1 Å². The second-order valence-corrected chi connectivity index (χ2v) is 9.48. The van der Waals surface area contributed by atoms with Gasteiger partial charge in [0.15, 0.2) is 22.4 Å². The second-order valence-electron chi connectivity index (χ2n) is 8.60. The van der Waals surface area contributed by atoms with Crippen LogP contribution in [0.25, 0.3) is 16.2 Å². The summed E-state index contributed by atoms with van der Waals surface area (Å²) in [6.07, 6.45) is 2.68. The number of carboxylic acid groups (broad SMARTS) is 1. The monoisotopic (exact) mass is 475 g/mol. The Morgan fingerprint density at radius 1 is 1.36 bits per heavy atom. The van der Waals surface area contributed by atoms with E-state index in [1.807, 2.05) is 0 Å². The highest BCUT2D eigenvalue weighted by Gasteiger charge is 2.29. The van der Waals surface area contributed by atoms with Crippen LogP contribution in [0.3, 0.4) is 0 Å². The normalized spacial score (nSPS) is 16.2. The molecular weight excluding hydrogens is 453 g/mol. The lowest BCUT2D eigenvalue weighted by atomic mass is 10.2. The number of anilines is 1. The molecule has 4 rings (SSSR count). The first-order chi connectivity index (χ1) is 15.5. The predicted octanol–water partition coefficient (Wildman–Crippen LogP) is 2.78. The first-order valence-corrected chi connectivity index (χ1v) is 11.0. The van der Waals surface area contributed by atoms with E-state index in [0.29, 0.717) is 24.6 Å². The van der Waals surface area contributed by atoms with E-state index in [9.17, 15) is 19.5 Å². The number of nitrogens with one attached hydrogen (secondary N) is 1. The summed E-state index contributed by atoms with van der Waals surface area (Å²) in [6, 6.07) is 0.734. The Kier molecular flexibility index (Phi) is 5.78. The highest BCUT2D eigenvalue weighted by atomic mass is 32.1. The van der Waals surface area contributed by atoms with Crippen molar-refractivity contribution >= 4 is 40.3 Å². The quantitative estimate of drug-likeness (QED) is 0.590. The third-order valence-electron chi connectivity index (χ3n) is 4.98. The largest absolute Gasteiger partial charge is 0.477 e. The van der Waals surface area contributed by atoms with Crippen molar-refractivity contribution in [2.75, 3.05) is 18.0 Å². The van der Waals surface area contributed by atoms with Crippen molar-refractivity contribution in [1.82, 2.24) is 19.9 Å². The molecule has 3 aromatic rings. The molecule has 2 N–H and O–H groups in total. The van der Waals surface area contributed by atoms with Crippen molar-refractivity contribution in [3.8, 4) is 5.13 Å². The molecule has 0 spiro atoms. The van der Waals surface area contributed by atoms with E-state index in [2.05, 4.69) is 15.3 Å². The highest BCUT2D eigenvalue weighted by Crippen LogP contribution is 2.26. The Labute approximate surface area is 191 Å². The second kappa shape index (κ2) is 8.43. The maximum absolute atomic E-state index is 15.0. The number of hydrogen-bond acceptors (Lipinski definition) is 8. The van der Waals surface area contributed by atoms with Crippen LogP contribution >= 0.6 is 11.3 Å². The molecule has 1 fully saturated rings. The molecule has 3 aromatic heterocycles.